The van der Waals surface area contributed by atoms with Gasteiger partial charge in [0.05, 0.1) is 5.56 Å². The summed E-state index contributed by atoms with van der Waals surface area (Å²) in [6, 6.07) is 12.2. The molecule has 0 aromatic heterocycles. The van der Waals surface area contributed by atoms with Crippen molar-refractivity contribution < 1.29 is 13.2 Å². The zero-order valence-corrected chi connectivity index (χ0v) is 12.1. The van der Waals surface area contributed by atoms with Gasteiger partial charge in [-0.15, -0.1) is 0 Å². The number of thiocarbonyl (C=S) groups is 1. The molecule has 0 atom stereocenters. The van der Waals surface area contributed by atoms with Crippen molar-refractivity contribution in [3.8, 4) is 0 Å². The summed E-state index contributed by atoms with van der Waals surface area (Å²) in [5.74, 6) is 0. The first-order valence-corrected chi connectivity index (χ1v) is 6.64. The molecule has 0 amide bonds. The van der Waals surface area contributed by atoms with E-state index in [0.717, 1.165) is 17.8 Å². The van der Waals surface area contributed by atoms with Gasteiger partial charge in [0.25, 0.3) is 0 Å². The Balaban J connectivity index is 2.12. The minimum Gasteiger partial charge on any atom is -0.332 e. The van der Waals surface area contributed by atoms with Gasteiger partial charge in [0.1, 0.15) is 0 Å². The molecule has 0 aliphatic rings. The molecule has 0 aliphatic carbocycles. The van der Waals surface area contributed by atoms with Gasteiger partial charge < -0.3 is 10.6 Å². The first-order valence-electron chi connectivity index (χ1n) is 5.85. The monoisotopic (exact) mass is 330 g/mol. The van der Waals surface area contributed by atoms with Crippen LogP contribution in [0.4, 0.5) is 24.5 Å². The zero-order chi connectivity index (χ0) is 15.5. The number of benzene rings is 2. The highest BCUT2D eigenvalue weighted by Crippen LogP contribution is 2.33. The Hall–Kier alpha value is -1.79. The second-order valence-electron chi connectivity index (χ2n) is 4.17. The lowest BCUT2D eigenvalue weighted by atomic mass is 10.2. The average Bonchev–Trinajstić information content (AvgIpc) is 2.37. The van der Waals surface area contributed by atoms with Crippen LogP contribution in [0.15, 0.2) is 48.5 Å². The van der Waals surface area contributed by atoms with E-state index in [-0.39, 0.29) is 15.8 Å². The van der Waals surface area contributed by atoms with E-state index in [1.807, 2.05) is 18.2 Å². The van der Waals surface area contributed by atoms with Crippen molar-refractivity contribution in [1.82, 2.24) is 0 Å². The molecule has 0 bridgehead atoms. The predicted octanol–water partition coefficient (Wildman–Crippen LogP) is 5.17. The third-order valence-electron chi connectivity index (χ3n) is 2.51. The number of para-hydroxylation sites is 1. The van der Waals surface area contributed by atoms with Crippen LogP contribution >= 0.6 is 23.8 Å². The van der Waals surface area contributed by atoms with E-state index in [0.29, 0.717) is 0 Å². The molecule has 0 heterocycles. The van der Waals surface area contributed by atoms with Crippen LogP contribution in [-0.2, 0) is 6.18 Å². The summed E-state index contributed by atoms with van der Waals surface area (Å²) in [6.07, 6.45) is -4.46. The van der Waals surface area contributed by atoms with E-state index in [1.165, 1.54) is 6.07 Å². The predicted molar refractivity (Wildman–Crippen MR) is 82.7 cm³/mol. The standard InChI is InChI=1S/C14H10ClF3N2S/c15-10-6-9(14(16,17)18)7-12(8-10)20-13(21)19-11-4-2-1-3-5-11/h1-8H,(H2,19,20,21). The van der Waals surface area contributed by atoms with Gasteiger partial charge in [-0.25, -0.2) is 0 Å². The van der Waals surface area contributed by atoms with Crippen LogP contribution in [0.5, 0.6) is 0 Å². The van der Waals surface area contributed by atoms with Gasteiger partial charge in [-0.1, -0.05) is 29.8 Å². The third-order valence-corrected chi connectivity index (χ3v) is 2.94. The van der Waals surface area contributed by atoms with Gasteiger partial charge in [0.15, 0.2) is 5.11 Å². The zero-order valence-electron chi connectivity index (χ0n) is 10.5. The van der Waals surface area contributed by atoms with Gasteiger partial charge in [-0.2, -0.15) is 13.2 Å². The molecule has 0 saturated carbocycles. The number of hydrogen-bond donors (Lipinski definition) is 2. The van der Waals surface area contributed by atoms with Crippen LogP contribution in [0.3, 0.4) is 0 Å². The first kappa shape index (κ1) is 15.6. The molecule has 0 radical (unpaired) electrons. The third kappa shape index (κ3) is 4.61. The van der Waals surface area contributed by atoms with E-state index < -0.39 is 11.7 Å². The van der Waals surface area contributed by atoms with Crippen molar-refractivity contribution in [2.45, 2.75) is 6.18 Å². The lowest BCUT2D eigenvalue weighted by molar-refractivity contribution is -0.137. The van der Waals surface area contributed by atoms with Gasteiger partial charge in [-0.3, -0.25) is 0 Å². The first-order chi connectivity index (χ1) is 9.84. The Morgan fingerprint density at radius 1 is 0.952 bits per heavy atom. The number of anilines is 2. The molecule has 0 unspecified atom stereocenters. The number of hydrogen-bond acceptors (Lipinski definition) is 1. The summed E-state index contributed by atoms with van der Waals surface area (Å²) in [5, 5.41) is 5.70. The Morgan fingerprint density at radius 3 is 2.19 bits per heavy atom. The summed E-state index contributed by atoms with van der Waals surface area (Å²) in [6.45, 7) is 0. The quantitative estimate of drug-likeness (QED) is 0.743. The lowest BCUT2D eigenvalue weighted by Gasteiger charge is -2.13. The van der Waals surface area contributed by atoms with Crippen molar-refractivity contribution in [3.05, 3.63) is 59.1 Å². The maximum atomic E-state index is 12.7. The van der Waals surface area contributed by atoms with Gasteiger partial charge in [0.2, 0.25) is 0 Å². The molecule has 0 aliphatic heterocycles. The topological polar surface area (TPSA) is 24.1 Å². The van der Waals surface area contributed by atoms with E-state index in [2.05, 4.69) is 10.6 Å². The molecular weight excluding hydrogens is 321 g/mol. The van der Waals surface area contributed by atoms with Crippen molar-refractivity contribution in [1.29, 1.82) is 0 Å². The summed E-state index contributed by atoms with van der Waals surface area (Å²) in [5.41, 5.74) is 0.0661. The average molecular weight is 331 g/mol. The van der Waals surface area contributed by atoms with Crippen LogP contribution in [0.2, 0.25) is 5.02 Å². The van der Waals surface area contributed by atoms with Crippen LogP contribution < -0.4 is 10.6 Å². The molecule has 2 N–H and O–H groups in total. The normalized spacial score (nSPS) is 11.0. The summed E-state index contributed by atoms with van der Waals surface area (Å²) in [4.78, 5) is 0. The second-order valence-corrected chi connectivity index (χ2v) is 5.02. The highest BCUT2D eigenvalue weighted by molar-refractivity contribution is 7.80. The van der Waals surface area contributed by atoms with Crippen LogP contribution in [0, 0.1) is 0 Å². The fourth-order valence-electron chi connectivity index (χ4n) is 1.64. The van der Waals surface area contributed by atoms with Gasteiger partial charge in [0, 0.05) is 16.4 Å². The van der Waals surface area contributed by atoms with E-state index in [1.54, 1.807) is 12.1 Å². The summed E-state index contributed by atoms with van der Waals surface area (Å²) >= 11 is 10.7. The Labute approximate surface area is 129 Å². The summed E-state index contributed by atoms with van der Waals surface area (Å²) in [7, 11) is 0. The fraction of sp³-hybridized carbons (Fsp3) is 0.0714. The molecule has 2 nitrogen and oxygen atoms in total. The Kier molecular flexibility index (Phi) is 4.69. The highest BCUT2D eigenvalue weighted by Gasteiger charge is 2.31. The molecule has 2 aromatic carbocycles. The van der Waals surface area contributed by atoms with Crippen LogP contribution in [-0.4, -0.2) is 5.11 Å². The molecular formula is C14H10ClF3N2S. The van der Waals surface area contributed by atoms with Crippen molar-refractivity contribution in [2.24, 2.45) is 0 Å². The summed E-state index contributed by atoms with van der Waals surface area (Å²) < 4.78 is 38.1. The molecule has 7 heteroatoms. The van der Waals surface area contributed by atoms with Gasteiger partial charge in [-0.05, 0) is 42.5 Å². The largest absolute Gasteiger partial charge is 0.416 e. The SMILES string of the molecule is FC(F)(F)c1cc(Cl)cc(NC(=S)Nc2ccccc2)c1. The second kappa shape index (κ2) is 6.32. The minimum absolute atomic E-state index is 0.0187. The van der Waals surface area contributed by atoms with Crippen LogP contribution in [0.25, 0.3) is 0 Å². The van der Waals surface area contributed by atoms with Gasteiger partial charge >= 0.3 is 6.18 Å². The number of nitrogens with one attached hydrogen (secondary N) is 2. The maximum Gasteiger partial charge on any atom is 0.416 e. The van der Waals surface area contributed by atoms with Crippen molar-refractivity contribution >= 4 is 40.3 Å². The molecule has 2 rings (SSSR count). The van der Waals surface area contributed by atoms with Crippen molar-refractivity contribution in [3.63, 3.8) is 0 Å². The van der Waals surface area contributed by atoms with E-state index in [4.69, 9.17) is 23.8 Å². The smallest absolute Gasteiger partial charge is 0.332 e. The number of halogens is 4. The molecule has 0 spiro atoms. The molecule has 110 valence electrons. The number of rotatable bonds is 2. The maximum absolute atomic E-state index is 12.7. The highest BCUT2D eigenvalue weighted by atomic mass is 35.5. The molecule has 0 saturated heterocycles. The van der Waals surface area contributed by atoms with E-state index >= 15 is 0 Å². The Morgan fingerprint density at radius 2 is 1.57 bits per heavy atom. The molecule has 2 aromatic rings. The van der Waals surface area contributed by atoms with Crippen molar-refractivity contribution in [2.75, 3.05) is 10.6 Å². The van der Waals surface area contributed by atoms with E-state index in [9.17, 15) is 13.2 Å². The minimum atomic E-state index is -4.46. The lowest BCUT2D eigenvalue weighted by Crippen LogP contribution is -2.19. The molecule has 0 fully saturated rings. The Bertz CT molecular complexity index is 644. The number of alkyl halides is 3. The fourth-order valence-corrected chi connectivity index (χ4v) is 2.11. The van der Waals surface area contributed by atoms with Crippen LogP contribution in [0.1, 0.15) is 5.56 Å². The molecule has 21 heavy (non-hydrogen) atoms.